The van der Waals surface area contributed by atoms with Crippen LogP contribution in [-0.4, -0.2) is 21.1 Å². The molecule has 2 aromatic heterocycles. The Hall–Kier alpha value is -2.30. The number of pyridine rings is 1. The minimum atomic E-state index is 0.475. The second kappa shape index (κ2) is 3.87. The van der Waals surface area contributed by atoms with Gasteiger partial charge in [0.1, 0.15) is 5.52 Å². The van der Waals surface area contributed by atoms with Gasteiger partial charge in [0, 0.05) is 19.0 Å². The maximum absolute atomic E-state index is 5.99. The zero-order chi connectivity index (χ0) is 12.7. The van der Waals surface area contributed by atoms with Gasteiger partial charge in [-0.15, -0.1) is 0 Å². The SMILES string of the molecule is CCNc1nc2c(N)nc3ccccc3c2n1C. The van der Waals surface area contributed by atoms with E-state index in [2.05, 4.69) is 15.3 Å². The standard InChI is InChI=1S/C13H15N5/c1-3-15-13-17-10-11(18(13)2)8-6-4-5-7-9(8)16-12(10)14/h4-7H,3H2,1-2H3,(H2,14,16)(H,15,17). The lowest BCUT2D eigenvalue weighted by atomic mass is 10.2. The van der Waals surface area contributed by atoms with E-state index < -0.39 is 0 Å². The molecule has 2 heterocycles. The second-order valence-corrected chi connectivity index (χ2v) is 4.24. The number of nitrogens with one attached hydrogen (secondary N) is 1. The molecule has 0 spiro atoms. The third-order valence-corrected chi connectivity index (χ3v) is 3.07. The number of imidazole rings is 1. The number of nitrogens with two attached hydrogens (primary N) is 1. The van der Waals surface area contributed by atoms with Crippen molar-refractivity contribution in [3.8, 4) is 0 Å². The number of benzene rings is 1. The normalized spacial score (nSPS) is 11.2. The van der Waals surface area contributed by atoms with Crippen LogP contribution in [0.15, 0.2) is 24.3 Å². The van der Waals surface area contributed by atoms with Gasteiger partial charge in [-0.05, 0) is 13.0 Å². The van der Waals surface area contributed by atoms with Crippen molar-refractivity contribution in [2.75, 3.05) is 17.6 Å². The summed E-state index contributed by atoms with van der Waals surface area (Å²) in [5, 5.41) is 4.30. The molecule has 18 heavy (non-hydrogen) atoms. The molecule has 92 valence electrons. The van der Waals surface area contributed by atoms with Gasteiger partial charge in [-0.25, -0.2) is 9.97 Å². The fraction of sp³-hybridized carbons (Fsp3) is 0.231. The molecule has 1 aromatic carbocycles. The number of aromatic nitrogens is 3. The van der Waals surface area contributed by atoms with E-state index in [9.17, 15) is 0 Å². The van der Waals surface area contributed by atoms with Crippen LogP contribution in [0.1, 0.15) is 6.92 Å². The Morgan fingerprint density at radius 1 is 1.28 bits per heavy atom. The Morgan fingerprint density at radius 3 is 2.83 bits per heavy atom. The van der Waals surface area contributed by atoms with Gasteiger partial charge in [0.25, 0.3) is 0 Å². The van der Waals surface area contributed by atoms with Crippen LogP contribution in [0.2, 0.25) is 0 Å². The molecule has 3 rings (SSSR count). The molecule has 0 radical (unpaired) electrons. The molecule has 0 bridgehead atoms. The number of aryl methyl sites for hydroxylation is 1. The molecule has 0 aliphatic rings. The fourth-order valence-electron chi connectivity index (χ4n) is 2.26. The summed E-state index contributed by atoms with van der Waals surface area (Å²) in [6, 6.07) is 7.97. The molecule has 3 aromatic rings. The summed E-state index contributed by atoms with van der Waals surface area (Å²) < 4.78 is 2.03. The maximum Gasteiger partial charge on any atom is 0.203 e. The lowest BCUT2D eigenvalue weighted by Gasteiger charge is -2.05. The third-order valence-electron chi connectivity index (χ3n) is 3.07. The van der Waals surface area contributed by atoms with E-state index in [1.165, 1.54) is 0 Å². The second-order valence-electron chi connectivity index (χ2n) is 4.24. The number of nitrogen functional groups attached to an aromatic ring is 1. The van der Waals surface area contributed by atoms with E-state index in [1.54, 1.807) is 0 Å². The fourth-order valence-corrected chi connectivity index (χ4v) is 2.26. The van der Waals surface area contributed by atoms with Gasteiger partial charge >= 0.3 is 0 Å². The molecule has 0 atom stereocenters. The van der Waals surface area contributed by atoms with Crippen LogP contribution in [0.25, 0.3) is 21.9 Å². The lowest BCUT2D eigenvalue weighted by Crippen LogP contribution is -2.03. The van der Waals surface area contributed by atoms with E-state index in [1.807, 2.05) is 42.8 Å². The van der Waals surface area contributed by atoms with Crippen molar-refractivity contribution in [2.45, 2.75) is 6.92 Å². The molecule has 3 N–H and O–H groups in total. The minimum absolute atomic E-state index is 0.475. The first kappa shape index (κ1) is 10.8. The van der Waals surface area contributed by atoms with Gasteiger partial charge in [-0.1, -0.05) is 18.2 Å². The van der Waals surface area contributed by atoms with Gasteiger partial charge in [0.15, 0.2) is 5.82 Å². The van der Waals surface area contributed by atoms with Gasteiger partial charge in [0.2, 0.25) is 5.95 Å². The number of nitrogens with zero attached hydrogens (tertiary/aromatic N) is 3. The van der Waals surface area contributed by atoms with Crippen LogP contribution in [0.3, 0.4) is 0 Å². The van der Waals surface area contributed by atoms with E-state index in [0.717, 1.165) is 34.4 Å². The van der Waals surface area contributed by atoms with E-state index in [4.69, 9.17) is 5.73 Å². The average molecular weight is 241 g/mol. The van der Waals surface area contributed by atoms with Crippen molar-refractivity contribution in [1.29, 1.82) is 0 Å². The summed E-state index contributed by atoms with van der Waals surface area (Å²) in [6.45, 7) is 2.86. The third kappa shape index (κ3) is 1.40. The number of rotatable bonds is 2. The highest BCUT2D eigenvalue weighted by molar-refractivity contribution is 6.07. The molecule has 5 nitrogen and oxygen atoms in total. The first-order chi connectivity index (χ1) is 8.72. The van der Waals surface area contributed by atoms with E-state index >= 15 is 0 Å². The molecular weight excluding hydrogens is 226 g/mol. The first-order valence-corrected chi connectivity index (χ1v) is 5.97. The number of hydrogen-bond acceptors (Lipinski definition) is 4. The molecule has 0 unspecified atom stereocenters. The van der Waals surface area contributed by atoms with E-state index in [-0.39, 0.29) is 0 Å². The summed E-state index contributed by atoms with van der Waals surface area (Å²) in [6.07, 6.45) is 0. The highest BCUT2D eigenvalue weighted by atomic mass is 15.2. The van der Waals surface area contributed by atoms with Crippen molar-refractivity contribution >= 4 is 33.7 Å². The van der Waals surface area contributed by atoms with Crippen molar-refractivity contribution in [1.82, 2.24) is 14.5 Å². The molecule has 0 saturated heterocycles. The van der Waals surface area contributed by atoms with E-state index in [0.29, 0.717) is 5.82 Å². The molecule has 0 fully saturated rings. The van der Waals surface area contributed by atoms with Crippen molar-refractivity contribution in [3.63, 3.8) is 0 Å². The molecule has 0 amide bonds. The highest BCUT2D eigenvalue weighted by Crippen LogP contribution is 2.29. The van der Waals surface area contributed by atoms with Crippen LogP contribution in [0.5, 0.6) is 0 Å². The monoisotopic (exact) mass is 241 g/mol. The summed E-state index contributed by atoms with van der Waals surface area (Å²) in [5.74, 6) is 1.29. The maximum atomic E-state index is 5.99. The molecule has 0 aliphatic carbocycles. The van der Waals surface area contributed by atoms with Gasteiger partial charge in [0.05, 0.1) is 11.0 Å². The molecule has 0 aliphatic heterocycles. The van der Waals surface area contributed by atoms with Gasteiger partial charge < -0.3 is 15.6 Å². The Morgan fingerprint density at radius 2 is 2.06 bits per heavy atom. The van der Waals surface area contributed by atoms with Crippen LogP contribution >= 0.6 is 0 Å². The summed E-state index contributed by atoms with van der Waals surface area (Å²) >= 11 is 0. The zero-order valence-corrected chi connectivity index (χ0v) is 10.4. The Balaban J connectivity index is 2.47. The lowest BCUT2D eigenvalue weighted by molar-refractivity contribution is 0.939. The van der Waals surface area contributed by atoms with Crippen molar-refractivity contribution in [3.05, 3.63) is 24.3 Å². The molecule has 0 saturated carbocycles. The Bertz CT molecular complexity index is 729. The molecular formula is C13H15N5. The predicted molar refractivity (Wildman–Crippen MR) is 74.6 cm³/mol. The average Bonchev–Trinajstić information content (AvgIpc) is 2.69. The van der Waals surface area contributed by atoms with Crippen LogP contribution < -0.4 is 11.1 Å². The zero-order valence-electron chi connectivity index (χ0n) is 10.4. The smallest absolute Gasteiger partial charge is 0.203 e. The Kier molecular flexibility index (Phi) is 2.33. The summed E-state index contributed by atoms with van der Waals surface area (Å²) in [4.78, 5) is 8.91. The quantitative estimate of drug-likeness (QED) is 0.721. The van der Waals surface area contributed by atoms with Crippen LogP contribution in [-0.2, 0) is 7.05 Å². The Labute approximate surface area is 105 Å². The highest BCUT2D eigenvalue weighted by Gasteiger charge is 2.14. The predicted octanol–water partition coefficient (Wildman–Crippen LogP) is 2.14. The largest absolute Gasteiger partial charge is 0.382 e. The van der Waals surface area contributed by atoms with Gasteiger partial charge in [-0.3, -0.25) is 0 Å². The van der Waals surface area contributed by atoms with Crippen LogP contribution in [0.4, 0.5) is 11.8 Å². The van der Waals surface area contributed by atoms with Crippen molar-refractivity contribution in [2.24, 2.45) is 7.05 Å². The number of hydrogen-bond donors (Lipinski definition) is 2. The van der Waals surface area contributed by atoms with Gasteiger partial charge in [-0.2, -0.15) is 0 Å². The summed E-state index contributed by atoms with van der Waals surface area (Å²) in [7, 11) is 1.99. The van der Waals surface area contributed by atoms with Crippen molar-refractivity contribution < 1.29 is 0 Å². The summed E-state index contributed by atoms with van der Waals surface area (Å²) in [5.41, 5.74) is 8.66. The number of para-hydroxylation sites is 1. The first-order valence-electron chi connectivity index (χ1n) is 5.97. The minimum Gasteiger partial charge on any atom is -0.382 e. The number of fused-ring (bicyclic) bond motifs is 3. The number of anilines is 2. The van der Waals surface area contributed by atoms with Crippen LogP contribution in [0, 0.1) is 0 Å². The molecule has 5 heteroatoms. The topological polar surface area (TPSA) is 68.8 Å².